The first-order valence-electron chi connectivity index (χ1n) is 4.42. The van der Waals surface area contributed by atoms with Crippen LogP contribution in [-0.4, -0.2) is 48.2 Å². The molecule has 1 unspecified atom stereocenters. The summed E-state index contributed by atoms with van der Waals surface area (Å²) < 4.78 is 179. The lowest BCUT2D eigenvalue weighted by molar-refractivity contribution is -0.383. The summed E-state index contributed by atoms with van der Waals surface area (Å²) >= 11 is 0. The second-order valence-electron chi connectivity index (χ2n) is 3.73. The fourth-order valence-corrected chi connectivity index (χ4v) is 1.96. The summed E-state index contributed by atoms with van der Waals surface area (Å²) in [6, 6.07) is 0. The largest absolute Gasteiger partial charge is 0.464 e. The van der Waals surface area contributed by atoms with Crippen molar-refractivity contribution < 1.29 is 70.6 Å². The van der Waals surface area contributed by atoms with E-state index in [0.29, 0.717) is 0 Å². The first kappa shape index (κ1) is 22.0. The minimum Gasteiger partial charge on any atom is -0.343 e. The lowest BCUT2D eigenvalue weighted by atomic mass is 10.1. The number of hydrogen-bond donors (Lipinski definition) is 1. The van der Waals surface area contributed by atoms with Crippen LogP contribution in [0.25, 0.3) is 0 Å². The lowest BCUT2D eigenvalue weighted by Crippen LogP contribution is -2.67. The van der Waals surface area contributed by atoms with Crippen LogP contribution in [0.5, 0.6) is 0 Å². The highest BCUT2D eigenvalue weighted by molar-refractivity contribution is 7.93. The second kappa shape index (κ2) is 5.00. The van der Waals surface area contributed by atoms with Gasteiger partial charge in [0.2, 0.25) is 0 Å². The van der Waals surface area contributed by atoms with E-state index in [2.05, 4.69) is 0 Å². The van der Waals surface area contributed by atoms with E-state index < -0.39 is 44.5 Å². The summed E-state index contributed by atoms with van der Waals surface area (Å²) in [5.41, 5.74) is 0. The van der Waals surface area contributed by atoms with Gasteiger partial charge in [-0.3, -0.25) is 0 Å². The number of aliphatic hydroxyl groups is 1. The van der Waals surface area contributed by atoms with Gasteiger partial charge in [0.25, 0.3) is 9.84 Å². The normalized spacial score (nSPS) is 18.7. The van der Waals surface area contributed by atoms with E-state index in [1.807, 2.05) is 0 Å². The Morgan fingerprint density at radius 2 is 0.870 bits per heavy atom. The van der Waals surface area contributed by atoms with E-state index >= 15 is 0 Å². The first-order chi connectivity index (χ1) is 9.50. The molecule has 0 heterocycles. The molecular weight excluding hydrogens is 399 g/mol. The standard InChI is InChI=1S/C6HF13O3S/c7-1(8,3(11,12)13)2(9,10)5(17,18)23(21,22)6(19,20)4(14,15)16/h20H. The van der Waals surface area contributed by atoms with Crippen molar-refractivity contribution in [3.05, 3.63) is 0 Å². The van der Waals surface area contributed by atoms with Crippen LogP contribution in [0, 0.1) is 0 Å². The van der Waals surface area contributed by atoms with Gasteiger partial charge in [-0.25, -0.2) is 8.42 Å². The fraction of sp³-hybridized carbons (Fsp3) is 1.00. The van der Waals surface area contributed by atoms with Gasteiger partial charge in [0.1, 0.15) is 0 Å². The van der Waals surface area contributed by atoms with Gasteiger partial charge in [0.05, 0.1) is 0 Å². The average Bonchev–Trinajstić information content (AvgIpc) is 2.24. The molecular formula is C6HF13O3S. The Bertz CT molecular complexity index is 553. The maximum atomic E-state index is 12.8. The zero-order valence-corrected chi connectivity index (χ0v) is 10.4. The highest BCUT2D eigenvalue weighted by Gasteiger charge is 2.89. The maximum Gasteiger partial charge on any atom is 0.464 e. The summed E-state index contributed by atoms with van der Waals surface area (Å²) in [5.74, 6) is -16.0. The number of sulfone groups is 1. The zero-order chi connectivity index (χ0) is 19.5. The average molecular weight is 400 g/mol. The van der Waals surface area contributed by atoms with Gasteiger partial charge in [-0.2, -0.15) is 57.1 Å². The van der Waals surface area contributed by atoms with Crippen molar-refractivity contribution in [2.75, 3.05) is 0 Å². The van der Waals surface area contributed by atoms with Crippen molar-refractivity contribution >= 4 is 9.84 Å². The molecule has 0 aromatic heterocycles. The van der Waals surface area contributed by atoms with Crippen LogP contribution < -0.4 is 0 Å². The molecule has 0 saturated heterocycles. The van der Waals surface area contributed by atoms with Gasteiger partial charge in [-0.1, -0.05) is 0 Å². The molecule has 140 valence electrons. The van der Waals surface area contributed by atoms with Crippen LogP contribution in [0.2, 0.25) is 0 Å². The highest BCUT2D eigenvalue weighted by atomic mass is 32.2. The topological polar surface area (TPSA) is 54.4 Å². The number of hydrogen-bond acceptors (Lipinski definition) is 3. The Morgan fingerprint density at radius 1 is 0.565 bits per heavy atom. The maximum absolute atomic E-state index is 12.8. The van der Waals surface area contributed by atoms with Crippen molar-refractivity contribution in [1.82, 2.24) is 0 Å². The molecule has 0 aromatic carbocycles. The highest BCUT2D eigenvalue weighted by Crippen LogP contribution is 2.57. The van der Waals surface area contributed by atoms with Crippen molar-refractivity contribution in [2.24, 2.45) is 0 Å². The monoisotopic (exact) mass is 400 g/mol. The summed E-state index contributed by atoms with van der Waals surface area (Å²) in [7, 11) is -8.70. The van der Waals surface area contributed by atoms with Gasteiger partial charge >= 0.3 is 34.6 Å². The van der Waals surface area contributed by atoms with E-state index in [0.717, 1.165) is 0 Å². The van der Waals surface area contributed by atoms with Crippen LogP contribution in [0.15, 0.2) is 0 Å². The molecule has 0 fully saturated rings. The van der Waals surface area contributed by atoms with Gasteiger partial charge in [-0.05, 0) is 0 Å². The summed E-state index contributed by atoms with van der Waals surface area (Å²) in [6.07, 6.45) is -14.8. The molecule has 0 spiro atoms. The predicted octanol–water partition coefficient (Wildman–Crippen LogP) is 3.00. The van der Waals surface area contributed by atoms with Gasteiger partial charge in [0, 0.05) is 0 Å². The predicted molar refractivity (Wildman–Crippen MR) is 41.9 cm³/mol. The Kier molecular flexibility index (Phi) is 4.78. The van der Waals surface area contributed by atoms with E-state index in [1.54, 1.807) is 0 Å². The Labute approximate surface area is 116 Å². The molecule has 1 atom stereocenters. The number of alkyl halides is 13. The molecule has 0 saturated carbocycles. The minimum atomic E-state index is -8.70. The molecule has 17 heteroatoms. The Morgan fingerprint density at radius 3 is 1.09 bits per heavy atom. The number of rotatable bonds is 4. The molecule has 23 heavy (non-hydrogen) atoms. The van der Waals surface area contributed by atoms with Crippen molar-refractivity contribution in [3.63, 3.8) is 0 Å². The van der Waals surface area contributed by atoms with Crippen LogP contribution in [0.4, 0.5) is 57.1 Å². The van der Waals surface area contributed by atoms with Crippen molar-refractivity contribution in [1.29, 1.82) is 0 Å². The summed E-state index contributed by atoms with van der Waals surface area (Å²) in [5, 5.41) is -7.42. The molecule has 0 aliphatic heterocycles. The molecule has 0 radical (unpaired) electrons. The number of halogens is 13. The Hall–Kier alpha value is -1.00. The molecule has 3 nitrogen and oxygen atoms in total. The van der Waals surface area contributed by atoms with E-state index in [1.165, 1.54) is 0 Å². The van der Waals surface area contributed by atoms with Crippen LogP contribution in [-0.2, 0) is 9.84 Å². The van der Waals surface area contributed by atoms with E-state index in [-0.39, 0.29) is 0 Å². The SMILES string of the molecule is O=S(=O)(C(O)(F)C(F)(F)F)C(F)(F)C(F)(F)C(F)(F)C(F)(F)F. The molecule has 0 aliphatic rings. The third-order valence-electron chi connectivity index (χ3n) is 2.16. The van der Waals surface area contributed by atoms with Gasteiger partial charge in [-0.15, -0.1) is 0 Å². The van der Waals surface area contributed by atoms with Gasteiger partial charge in [0.15, 0.2) is 0 Å². The van der Waals surface area contributed by atoms with E-state index in [9.17, 15) is 65.5 Å². The molecule has 0 amide bonds. The molecule has 0 aromatic rings. The molecule has 1 N–H and O–H groups in total. The lowest BCUT2D eigenvalue weighted by Gasteiger charge is -2.35. The third-order valence-corrected chi connectivity index (χ3v) is 4.03. The molecule has 0 aliphatic carbocycles. The summed E-state index contributed by atoms with van der Waals surface area (Å²) in [4.78, 5) is 0. The molecule has 0 rings (SSSR count). The van der Waals surface area contributed by atoms with E-state index in [4.69, 9.17) is 5.11 Å². The fourth-order valence-electron chi connectivity index (χ4n) is 0.852. The van der Waals surface area contributed by atoms with Crippen molar-refractivity contribution in [3.8, 4) is 0 Å². The second-order valence-corrected chi connectivity index (χ2v) is 5.79. The first-order valence-corrected chi connectivity index (χ1v) is 5.91. The van der Waals surface area contributed by atoms with Crippen molar-refractivity contribution in [2.45, 2.75) is 34.6 Å². The van der Waals surface area contributed by atoms with Gasteiger partial charge < -0.3 is 5.11 Å². The van der Waals surface area contributed by atoms with Crippen LogP contribution >= 0.6 is 0 Å². The molecule has 0 bridgehead atoms. The summed E-state index contributed by atoms with van der Waals surface area (Å²) in [6.45, 7) is 0. The quantitative estimate of drug-likeness (QED) is 0.739. The smallest absolute Gasteiger partial charge is 0.343 e. The van der Waals surface area contributed by atoms with Crippen LogP contribution in [0.3, 0.4) is 0 Å². The Balaban J connectivity index is 6.50. The third kappa shape index (κ3) is 2.70. The van der Waals surface area contributed by atoms with Crippen LogP contribution in [0.1, 0.15) is 0 Å². The minimum absolute atomic E-state index is 7.24. The zero-order valence-electron chi connectivity index (χ0n) is 9.59.